The number of nitrogens with zero attached hydrogens (tertiary/aromatic N) is 4. The maximum Gasteiger partial charge on any atom is 0.269 e. The van der Waals surface area contributed by atoms with Crippen LogP contribution in [0.1, 0.15) is 42.5 Å². The summed E-state index contributed by atoms with van der Waals surface area (Å²) in [5, 5.41) is 26.2. The van der Waals surface area contributed by atoms with Gasteiger partial charge >= 0.3 is 0 Å². The first kappa shape index (κ1) is 29.2. The number of carbonyl (C=O) groups is 2. The van der Waals surface area contributed by atoms with Crippen molar-refractivity contribution in [3.05, 3.63) is 86.7 Å². The highest BCUT2D eigenvalue weighted by Gasteiger charge is 2.25. The van der Waals surface area contributed by atoms with Gasteiger partial charge in [-0.15, -0.1) is 16.8 Å². The summed E-state index contributed by atoms with van der Waals surface area (Å²) in [7, 11) is 0. The molecule has 0 saturated heterocycles. The number of carbonyl (C=O) groups excluding carboxylic acids is 2. The Kier molecular flexibility index (Phi) is 10.3. The molecule has 3 rings (SSSR count). The zero-order chi connectivity index (χ0) is 27.8. The van der Waals surface area contributed by atoms with Crippen LogP contribution in [0.3, 0.4) is 0 Å². The van der Waals surface area contributed by atoms with Crippen LogP contribution in [0, 0.1) is 16.0 Å². The monoisotopic (exact) mass is 576 g/mol. The molecule has 0 aliphatic carbocycles. The number of nitro benzene ring substituents is 1. The molecule has 0 saturated carbocycles. The summed E-state index contributed by atoms with van der Waals surface area (Å²) in [6.07, 6.45) is 2.26. The number of halogens is 2. The van der Waals surface area contributed by atoms with Gasteiger partial charge in [0.2, 0.25) is 5.91 Å². The van der Waals surface area contributed by atoms with Crippen molar-refractivity contribution in [2.75, 3.05) is 11.1 Å². The van der Waals surface area contributed by atoms with Crippen molar-refractivity contribution < 1.29 is 14.5 Å². The number of nitrogens with one attached hydrogen (secondary N) is 2. The predicted molar refractivity (Wildman–Crippen MR) is 149 cm³/mol. The zero-order valence-electron chi connectivity index (χ0n) is 20.7. The van der Waals surface area contributed by atoms with Gasteiger partial charge in [0.25, 0.3) is 11.6 Å². The van der Waals surface area contributed by atoms with Gasteiger partial charge in [-0.2, -0.15) is 0 Å². The van der Waals surface area contributed by atoms with Gasteiger partial charge in [-0.1, -0.05) is 54.9 Å². The molecular formula is C25H26Cl2N6O4S. The first-order valence-electron chi connectivity index (χ1n) is 11.6. The van der Waals surface area contributed by atoms with Crippen LogP contribution in [0.4, 0.5) is 11.4 Å². The van der Waals surface area contributed by atoms with E-state index < -0.39 is 11.0 Å². The molecule has 0 aliphatic rings. The van der Waals surface area contributed by atoms with E-state index in [-0.39, 0.29) is 39.8 Å². The second-order valence-corrected chi connectivity index (χ2v) is 10.4. The van der Waals surface area contributed by atoms with E-state index >= 15 is 0 Å². The van der Waals surface area contributed by atoms with Gasteiger partial charge < -0.3 is 15.2 Å². The quantitative estimate of drug-likeness (QED) is 0.118. The third kappa shape index (κ3) is 7.80. The fourth-order valence-corrected chi connectivity index (χ4v) is 4.82. The lowest BCUT2D eigenvalue weighted by atomic mass is 10.0. The molecule has 0 fully saturated rings. The lowest BCUT2D eigenvalue weighted by molar-refractivity contribution is -0.384. The molecular weight excluding hydrogens is 551 g/mol. The fraction of sp³-hybridized carbons (Fsp3) is 0.280. The van der Waals surface area contributed by atoms with Crippen LogP contribution >= 0.6 is 35.0 Å². The highest BCUT2D eigenvalue weighted by atomic mass is 35.5. The van der Waals surface area contributed by atoms with E-state index in [4.69, 9.17) is 23.2 Å². The number of amides is 2. The van der Waals surface area contributed by atoms with E-state index in [1.807, 2.05) is 13.8 Å². The summed E-state index contributed by atoms with van der Waals surface area (Å²) in [5.74, 6) is 0.0762. The summed E-state index contributed by atoms with van der Waals surface area (Å²) >= 11 is 13.4. The maximum atomic E-state index is 13.1. The third-order valence-corrected chi connectivity index (χ3v) is 6.77. The molecule has 1 aromatic heterocycles. The minimum absolute atomic E-state index is 0.0217. The Hall–Kier alpha value is -3.41. The molecule has 38 heavy (non-hydrogen) atoms. The Balaban J connectivity index is 1.76. The highest BCUT2D eigenvalue weighted by Crippen LogP contribution is 2.27. The summed E-state index contributed by atoms with van der Waals surface area (Å²) in [6.45, 7) is 8.23. The maximum absolute atomic E-state index is 13.1. The van der Waals surface area contributed by atoms with Crippen LogP contribution in [-0.4, -0.2) is 37.3 Å². The normalized spacial score (nSPS) is 11.7. The van der Waals surface area contributed by atoms with Crippen LogP contribution in [0.25, 0.3) is 0 Å². The summed E-state index contributed by atoms with van der Waals surface area (Å²) in [5.41, 5.74) is 0.663. The van der Waals surface area contributed by atoms with Crippen LogP contribution in [0.5, 0.6) is 0 Å². The number of anilines is 1. The summed E-state index contributed by atoms with van der Waals surface area (Å²) in [6, 6.07) is 9.74. The first-order valence-corrected chi connectivity index (χ1v) is 13.3. The van der Waals surface area contributed by atoms with Gasteiger partial charge in [-0.3, -0.25) is 19.7 Å². The van der Waals surface area contributed by atoms with Crippen molar-refractivity contribution in [1.29, 1.82) is 0 Å². The number of allylic oxidation sites excluding steroid dienone is 1. The molecule has 200 valence electrons. The number of hydrogen-bond donors (Lipinski definition) is 2. The second kappa shape index (κ2) is 13.4. The second-order valence-electron chi connectivity index (χ2n) is 8.66. The fourth-order valence-electron chi connectivity index (χ4n) is 3.57. The molecule has 3 aromatic rings. The van der Waals surface area contributed by atoms with E-state index in [1.165, 1.54) is 42.1 Å². The molecule has 13 heteroatoms. The Morgan fingerprint density at radius 2 is 1.89 bits per heavy atom. The largest absolute Gasteiger partial charge is 0.342 e. The van der Waals surface area contributed by atoms with Gasteiger partial charge in [-0.05, 0) is 42.7 Å². The molecule has 2 aromatic carbocycles. The number of non-ortho nitro benzene ring substituents is 1. The van der Waals surface area contributed by atoms with Gasteiger partial charge in [0.15, 0.2) is 11.0 Å². The van der Waals surface area contributed by atoms with Gasteiger partial charge in [0.1, 0.15) is 0 Å². The Morgan fingerprint density at radius 1 is 1.18 bits per heavy atom. The smallest absolute Gasteiger partial charge is 0.269 e. The SMILES string of the molecule is C=CCn1c(SCC(=O)Nc2ccc([N+](=O)[O-])cc2)nnc1[C@H](CC(C)C)NC(=O)c1ccc(Cl)cc1Cl. The van der Waals surface area contributed by atoms with E-state index in [1.54, 1.807) is 22.8 Å². The minimum Gasteiger partial charge on any atom is -0.342 e. The number of thioether (sulfide) groups is 1. The number of nitro groups is 1. The van der Waals surface area contributed by atoms with Crippen molar-refractivity contribution >= 4 is 58.2 Å². The number of benzene rings is 2. The molecule has 2 amide bonds. The van der Waals surface area contributed by atoms with Crippen LogP contribution in [0.15, 0.2) is 60.3 Å². The van der Waals surface area contributed by atoms with Crippen LogP contribution in [0.2, 0.25) is 10.0 Å². The molecule has 0 radical (unpaired) electrons. The Bertz CT molecular complexity index is 1330. The molecule has 0 aliphatic heterocycles. The summed E-state index contributed by atoms with van der Waals surface area (Å²) in [4.78, 5) is 35.8. The van der Waals surface area contributed by atoms with Crippen molar-refractivity contribution in [3.8, 4) is 0 Å². The van der Waals surface area contributed by atoms with E-state index in [9.17, 15) is 19.7 Å². The average Bonchev–Trinajstić information content (AvgIpc) is 3.25. The number of rotatable bonds is 12. The Labute approximate surface area is 234 Å². The van der Waals surface area contributed by atoms with Crippen LogP contribution < -0.4 is 10.6 Å². The molecule has 10 nitrogen and oxygen atoms in total. The number of aromatic nitrogens is 3. The van der Waals surface area contributed by atoms with Crippen molar-refractivity contribution in [2.24, 2.45) is 5.92 Å². The lowest BCUT2D eigenvalue weighted by Gasteiger charge is -2.21. The van der Waals surface area contributed by atoms with Crippen molar-refractivity contribution in [3.63, 3.8) is 0 Å². The molecule has 0 bridgehead atoms. The van der Waals surface area contributed by atoms with Crippen molar-refractivity contribution in [1.82, 2.24) is 20.1 Å². The zero-order valence-corrected chi connectivity index (χ0v) is 23.0. The Morgan fingerprint density at radius 3 is 2.50 bits per heavy atom. The molecule has 0 spiro atoms. The van der Waals surface area contributed by atoms with Crippen molar-refractivity contribution in [2.45, 2.75) is 38.0 Å². The minimum atomic E-state index is -0.509. The van der Waals surface area contributed by atoms with E-state index in [0.29, 0.717) is 34.7 Å². The number of hydrogen-bond acceptors (Lipinski definition) is 7. The third-order valence-electron chi connectivity index (χ3n) is 5.25. The van der Waals surface area contributed by atoms with Gasteiger partial charge in [0.05, 0.1) is 27.3 Å². The molecule has 1 heterocycles. The lowest BCUT2D eigenvalue weighted by Crippen LogP contribution is -2.32. The highest BCUT2D eigenvalue weighted by molar-refractivity contribution is 7.99. The van der Waals surface area contributed by atoms with Gasteiger partial charge in [-0.25, -0.2) is 0 Å². The average molecular weight is 577 g/mol. The molecule has 1 atom stereocenters. The van der Waals surface area contributed by atoms with Crippen LogP contribution in [-0.2, 0) is 11.3 Å². The standard InChI is InChI=1S/C25H26Cl2N6O4S/c1-4-11-32-23(21(12-15(2)3)29-24(35)19-10-5-16(26)13-20(19)27)30-31-25(32)38-14-22(34)28-17-6-8-18(9-7-17)33(36)37/h4-10,13,15,21H,1,11-12,14H2,2-3H3,(H,28,34)(H,29,35)/t21-/m0/s1. The van der Waals surface area contributed by atoms with E-state index in [2.05, 4.69) is 27.4 Å². The molecule has 2 N–H and O–H groups in total. The topological polar surface area (TPSA) is 132 Å². The summed E-state index contributed by atoms with van der Waals surface area (Å²) < 4.78 is 1.80. The van der Waals surface area contributed by atoms with E-state index in [0.717, 1.165) is 0 Å². The predicted octanol–water partition coefficient (Wildman–Crippen LogP) is 5.93. The first-order chi connectivity index (χ1) is 18.1. The molecule has 0 unspecified atom stereocenters. The van der Waals surface area contributed by atoms with Gasteiger partial charge in [0, 0.05) is 29.4 Å².